The number of hydrogen-bond donors (Lipinski definition) is 5. The predicted molar refractivity (Wildman–Crippen MR) is 45.4 cm³/mol. The summed E-state index contributed by atoms with van der Waals surface area (Å²) in [6, 6.07) is -0.297. The summed E-state index contributed by atoms with van der Waals surface area (Å²) in [5, 5.41) is 20.2. The number of carbonyl (C=O) groups excluding carboxylic acids is 1. The molecule has 13 heavy (non-hydrogen) atoms. The van der Waals surface area contributed by atoms with Gasteiger partial charge in [0.2, 0.25) is 0 Å². The summed E-state index contributed by atoms with van der Waals surface area (Å²) >= 11 is 0. The van der Waals surface area contributed by atoms with Crippen LogP contribution >= 0.6 is 0 Å². The maximum atomic E-state index is 11.0. The Balaban J connectivity index is 2.39. The molecule has 2 amide bonds. The van der Waals surface area contributed by atoms with Crippen molar-refractivity contribution in [2.45, 2.75) is 6.17 Å². The van der Waals surface area contributed by atoms with Crippen LogP contribution in [-0.2, 0) is 0 Å². The molecule has 0 aliphatic carbocycles. The molecule has 0 aromatic rings. The molecule has 2 aliphatic heterocycles. The van der Waals surface area contributed by atoms with Crippen LogP contribution in [0, 0.1) is 0 Å². The zero-order valence-electron chi connectivity index (χ0n) is 7.01. The Bertz CT molecular complexity index is 320. The van der Waals surface area contributed by atoms with Crippen LogP contribution in [0.4, 0.5) is 4.79 Å². The first kappa shape index (κ1) is 7.78. The van der Waals surface area contributed by atoms with Crippen LogP contribution in [0.3, 0.4) is 0 Å². The van der Waals surface area contributed by atoms with Crippen LogP contribution in [0.5, 0.6) is 0 Å². The van der Waals surface area contributed by atoms with E-state index in [0.29, 0.717) is 11.4 Å². The Morgan fingerprint density at radius 2 is 2.38 bits per heavy atom. The first-order valence-corrected chi connectivity index (χ1v) is 3.87. The molecule has 0 fully saturated rings. The highest BCUT2D eigenvalue weighted by Gasteiger charge is 2.32. The third kappa shape index (κ3) is 1.07. The van der Waals surface area contributed by atoms with Crippen molar-refractivity contribution < 1.29 is 9.90 Å². The fraction of sp³-hybridized carbons (Fsp3) is 0.286. The molecule has 6 nitrogen and oxygen atoms in total. The minimum Gasteiger partial charge on any atom is -0.506 e. The molecule has 2 heterocycles. The van der Waals surface area contributed by atoms with E-state index in [1.807, 2.05) is 0 Å². The maximum Gasteiger partial charge on any atom is 0.322 e. The third-order valence-corrected chi connectivity index (χ3v) is 1.98. The minimum atomic E-state index is -0.337. The second-order valence-corrected chi connectivity index (χ2v) is 2.77. The van der Waals surface area contributed by atoms with Crippen LogP contribution in [0.2, 0.25) is 0 Å². The van der Waals surface area contributed by atoms with Gasteiger partial charge in [-0.1, -0.05) is 0 Å². The van der Waals surface area contributed by atoms with E-state index in [4.69, 9.17) is 0 Å². The van der Waals surface area contributed by atoms with Gasteiger partial charge in [0.15, 0.2) is 0 Å². The Kier molecular flexibility index (Phi) is 1.54. The van der Waals surface area contributed by atoms with Crippen LogP contribution in [0.1, 0.15) is 0 Å². The average molecular weight is 182 g/mol. The molecule has 0 aromatic heterocycles. The van der Waals surface area contributed by atoms with Gasteiger partial charge in [0, 0.05) is 13.2 Å². The van der Waals surface area contributed by atoms with Crippen LogP contribution in [0.25, 0.3) is 0 Å². The molecule has 1 atom stereocenters. The van der Waals surface area contributed by atoms with E-state index in [1.165, 1.54) is 6.20 Å². The van der Waals surface area contributed by atoms with Gasteiger partial charge in [0.1, 0.15) is 17.7 Å². The van der Waals surface area contributed by atoms with Crippen molar-refractivity contribution in [3.05, 3.63) is 23.4 Å². The predicted octanol–water partition coefficient (Wildman–Crippen LogP) is -0.941. The van der Waals surface area contributed by atoms with Gasteiger partial charge in [-0.05, 0) is 0 Å². The Morgan fingerprint density at radius 1 is 1.62 bits per heavy atom. The summed E-state index contributed by atoms with van der Waals surface area (Å²) in [6.07, 6.45) is 1.11. The second-order valence-electron chi connectivity index (χ2n) is 2.77. The van der Waals surface area contributed by atoms with Crippen LogP contribution in [-0.4, -0.2) is 24.4 Å². The van der Waals surface area contributed by atoms with E-state index in [9.17, 15) is 9.90 Å². The van der Waals surface area contributed by atoms with Crippen molar-refractivity contribution in [1.82, 2.24) is 21.3 Å². The lowest BCUT2D eigenvalue weighted by atomic mass is 10.2. The Labute approximate surface area is 74.7 Å². The third-order valence-electron chi connectivity index (χ3n) is 1.98. The zero-order chi connectivity index (χ0) is 9.42. The summed E-state index contributed by atoms with van der Waals surface area (Å²) in [5.74, 6) is 0.648. The number of urea groups is 1. The molecule has 0 saturated heterocycles. The smallest absolute Gasteiger partial charge is 0.322 e. The quantitative estimate of drug-likeness (QED) is 0.362. The van der Waals surface area contributed by atoms with Gasteiger partial charge in [-0.2, -0.15) is 0 Å². The average Bonchev–Trinajstić information content (AvgIpc) is 2.46. The molecular formula is C7H10N4O2. The Hall–Kier alpha value is -1.85. The lowest BCUT2D eigenvalue weighted by molar-refractivity contribution is 0.236. The summed E-state index contributed by atoms with van der Waals surface area (Å²) in [6.45, 7) is 0. The van der Waals surface area contributed by atoms with E-state index in [1.54, 1.807) is 7.05 Å². The monoisotopic (exact) mass is 182 g/mol. The van der Waals surface area contributed by atoms with E-state index in [0.717, 1.165) is 0 Å². The number of amides is 2. The zero-order valence-corrected chi connectivity index (χ0v) is 7.01. The molecule has 5 N–H and O–H groups in total. The molecule has 0 saturated carbocycles. The fourth-order valence-corrected chi connectivity index (χ4v) is 1.40. The van der Waals surface area contributed by atoms with Gasteiger partial charge in [0.05, 0.1) is 5.57 Å². The first-order valence-electron chi connectivity index (χ1n) is 3.87. The minimum absolute atomic E-state index is 0.127. The highest BCUT2D eigenvalue weighted by Crippen LogP contribution is 2.20. The first-order chi connectivity index (χ1) is 6.22. The molecule has 70 valence electrons. The molecule has 2 rings (SSSR count). The van der Waals surface area contributed by atoms with E-state index in [-0.39, 0.29) is 18.0 Å². The fourth-order valence-electron chi connectivity index (χ4n) is 1.40. The van der Waals surface area contributed by atoms with E-state index in [2.05, 4.69) is 21.3 Å². The van der Waals surface area contributed by atoms with Crippen molar-refractivity contribution in [3.8, 4) is 0 Å². The molecule has 6 heteroatoms. The van der Waals surface area contributed by atoms with Gasteiger partial charge in [0.25, 0.3) is 0 Å². The van der Waals surface area contributed by atoms with Gasteiger partial charge in [-0.25, -0.2) is 4.79 Å². The van der Waals surface area contributed by atoms with Crippen molar-refractivity contribution in [2.24, 2.45) is 0 Å². The SMILES string of the molecule is CNC1=C2C(O)=CNC2NC(=O)N1. The lowest BCUT2D eigenvalue weighted by Gasteiger charge is -2.25. The van der Waals surface area contributed by atoms with Crippen molar-refractivity contribution in [3.63, 3.8) is 0 Å². The lowest BCUT2D eigenvalue weighted by Crippen LogP contribution is -2.53. The summed E-state index contributed by atoms with van der Waals surface area (Å²) < 4.78 is 0. The van der Waals surface area contributed by atoms with Crippen molar-refractivity contribution in [1.29, 1.82) is 0 Å². The van der Waals surface area contributed by atoms with E-state index >= 15 is 0 Å². The molecular weight excluding hydrogens is 172 g/mol. The van der Waals surface area contributed by atoms with Crippen molar-refractivity contribution >= 4 is 6.03 Å². The second kappa shape index (κ2) is 2.58. The van der Waals surface area contributed by atoms with Crippen LogP contribution < -0.4 is 21.3 Å². The highest BCUT2D eigenvalue weighted by atomic mass is 16.3. The maximum absolute atomic E-state index is 11.0. The number of nitrogens with one attached hydrogen (secondary N) is 4. The summed E-state index contributed by atoms with van der Waals surface area (Å²) in [5.41, 5.74) is 0.627. The number of fused-ring (bicyclic) bond motifs is 1. The highest BCUT2D eigenvalue weighted by molar-refractivity contribution is 5.79. The molecule has 0 radical (unpaired) electrons. The summed E-state index contributed by atoms with van der Waals surface area (Å²) in [4.78, 5) is 11.0. The molecule has 0 aromatic carbocycles. The van der Waals surface area contributed by atoms with Crippen molar-refractivity contribution in [2.75, 3.05) is 7.05 Å². The number of aliphatic hydroxyl groups is 1. The summed E-state index contributed by atoms with van der Waals surface area (Å²) in [7, 11) is 1.68. The van der Waals surface area contributed by atoms with Gasteiger partial charge >= 0.3 is 6.03 Å². The number of aliphatic hydroxyl groups excluding tert-OH is 1. The molecule has 1 unspecified atom stereocenters. The van der Waals surface area contributed by atoms with Gasteiger partial charge in [-0.15, -0.1) is 0 Å². The number of hydrogen-bond acceptors (Lipinski definition) is 4. The number of rotatable bonds is 1. The normalized spacial score (nSPS) is 25.5. The molecule has 0 spiro atoms. The topological polar surface area (TPSA) is 85.4 Å². The van der Waals surface area contributed by atoms with Gasteiger partial charge in [-0.3, -0.25) is 5.32 Å². The standard InChI is InChI=1S/C7H10N4O2/c1-8-5-4-3(12)2-9-6(4)11-7(13)10-5/h2,6,8-9,12H,1H3,(H2,10,11,13). The Morgan fingerprint density at radius 3 is 3.08 bits per heavy atom. The van der Waals surface area contributed by atoms with Gasteiger partial charge < -0.3 is 21.1 Å². The van der Waals surface area contributed by atoms with E-state index < -0.39 is 0 Å². The molecule has 2 aliphatic rings. The molecule has 0 bridgehead atoms. The van der Waals surface area contributed by atoms with Crippen LogP contribution in [0.15, 0.2) is 23.4 Å². The number of carbonyl (C=O) groups is 1. The largest absolute Gasteiger partial charge is 0.506 e.